The predicted octanol–water partition coefficient (Wildman–Crippen LogP) is 1.04. The topological polar surface area (TPSA) is 89.9 Å². The molecule has 2 amide bonds. The first kappa shape index (κ1) is 16.7. The first-order valence-corrected chi connectivity index (χ1v) is 6.36. The number of carbonyl (C=O) groups is 2. The van der Waals surface area contributed by atoms with Crippen molar-refractivity contribution in [3.05, 3.63) is 0 Å². The van der Waals surface area contributed by atoms with Gasteiger partial charge in [-0.1, -0.05) is 6.42 Å². The molecule has 0 heterocycles. The van der Waals surface area contributed by atoms with Crippen LogP contribution in [0.25, 0.3) is 0 Å². The van der Waals surface area contributed by atoms with Gasteiger partial charge in [0.15, 0.2) is 0 Å². The SMILES string of the molecule is CC(C)N(CCO)C(=O)NCCCCCC(=O)O. The monoisotopic (exact) mass is 260 g/mol. The number of nitrogens with zero attached hydrogens (tertiary/aromatic N) is 1. The molecule has 0 aliphatic carbocycles. The number of hydrogen-bond donors (Lipinski definition) is 3. The number of carboxylic acids is 1. The van der Waals surface area contributed by atoms with Crippen LogP contribution in [0.15, 0.2) is 0 Å². The minimum Gasteiger partial charge on any atom is -0.481 e. The third-order valence-electron chi connectivity index (χ3n) is 2.57. The first-order chi connectivity index (χ1) is 8.49. The molecule has 0 aliphatic rings. The number of urea groups is 1. The summed E-state index contributed by atoms with van der Waals surface area (Å²) >= 11 is 0. The lowest BCUT2D eigenvalue weighted by Gasteiger charge is -2.26. The third-order valence-corrected chi connectivity index (χ3v) is 2.57. The molecule has 0 fully saturated rings. The fraction of sp³-hybridized carbons (Fsp3) is 0.833. The molecular weight excluding hydrogens is 236 g/mol. The van der Waals surface area contributed by atoms with Crippen molar-refractivity contribution < 1.29 is 19.8 Å². The van der Waals surface area contributed by atoms with E-state index in [0.29, 0.717) is 19.5 Å². The summed E-state index contributed by atoms with van der Waals surface area (Å²) in [6.07, 6.45) is 2.37. The highest BCUT2D eigenvalue weighted by atomic mass is 16.4. The highest BCUT2D eigenvalue weighted by molar-refractivity contribution is 5.74. The molecule has 0 unspecified atom stereocenters. The summed E-state index contributed by atoms with van der Waals surface area (Å²) in [6, 6.07) is -0.138. The molecule has 106 valence electrons. The van der Waals surface area contributed by atoms with Crippen LogP contribution in [0.1, 0.15) is 39.5 Å². The maximum atomic E-state index is 11.7. The molecule has 0 aliphatic heterocycles. The molecular formula is C12H24N2O4. The molecule has 0 saturated heterocycles. The Morgan fingerprint density at radius 2 is 1.89 bits per heavy atom. The summed E-state index contributed by atoms with van der Waals surface area (Å²) in [4.78, 5) is 23.6. The molecule has 3 N–H and O–H groups in total. The van der Waals surface area contributed by atoms with Crippen LogP contribution in [0.3, 0.4) is 0 Å². The van der Waals surface area contributed by atoms with Gasteiger partial charge in [0, 0.05) is 25.6 Å². The van der Waals surface area contributed by atoms with Crippen molar-refractivity contribution in [3.8, 4) is 0 Å². The molecule has 0 saturated carbocycles. The van der Waals surface area contributed by atoms with Crippen LogP contribution in [0, 0.1) is 0 Å². The van der Waals surface area contributed by atoms with E-state index in [0.717, 1.165) is 12.8 Å². The number of amides is 2. The van der Waals surface area contributed by atoms with E-state index in [1.165, 1.54) is 0 Å². The van der Waals surface area contributed by atoms with E-state index in [9.17, 15) is 9.59 Å². The standard InChI is InChI=1S/C12H24N2O4/c1-10(2)14(8-9-15)12(18)13-7-5-3-4-6-11(16)17/h10,15H,3-9H2,1-2H3,(H,13,18)(H,16,17). The Balaban J connectivity index is 3.70. The number of hydrogen-bond acceptors (Lipinski definition) is 3. The Morgan fingerprint density at radius 3 is 2.39 bits per heavy atom. The zero-order chi connectivity index (χ0) is 14.0. The summed E-state index contributed by atoms with van der Waals surface area (Å²) in [5.74, 6) is -0.784. The summed E-state index contributed by atoms with van der Waals surface area (Å²) in [6.45, 7) is 4.59. The lowest BCUT2D eigenvalue weighted by Crippen LogP contribution is -2.45. The van der Waals surface area contributed by atoms with Gasteiger partial charge in [0.1, 0.15) is 0 Å². The molecule has 6 nitrogen and oxygen atoms in total. The van der Waals surface area contributed by atoms with E-state index >= 15 is 0 Å². The Kier molecular flexibility index (Phi) is 9.00. The van der Waals surface area contributed by atoms with Crippen molar-refractivity contribution >= 4 is 12.0 Å². The van der Waals surface area contributed by atoms with E-state index < -0.39 is 5.97 Å². The average molecular weight is 260 g/mol. The summed E-state index contributed by atoms with van der Waals surface area (Å²) < 4.78 is 0. The van der Waals surface area contributed by atoms with Crippen molar-refractivity contribution in [2.45, 2.75) is 45.6 Å². The summed E-state index contributed by atoms with van der Waals surface area (Å²) in [5.41, 5.74) is 0. The second-order valence-corrected chi connectivity index (χ2v) is 4.45. The molecule has 0 radical (unpaired) electrons. The Labute approximate surface area is 108 Å². The molecule has 18 heavy (non-hydrogen) atoms. The van der Waals surface area contributed by atoms with Crippen LogP contribution >= 0.6 is 0 Å². The van der Waals surface area contributed by atoms with Gasteiger partial charge < -0.3 is 20.4 Å². The number of rotatable bonds is 9. The number of nitrogens with one attached hydrogen (secondary N) is 1. The highest BCUT2D eigenvalue weighted by Crippen LogP contribution is 2.00. The zero-order valence-electron chi connectivity index (χ0n) is 11.2. The van der Waals surface area contributed by atoms with Gasteiger partial charge in [-0.3, -0.25) is 4.79 Å². The fourth-order valence-electron chi connectivity index (χ4n) is 1.58. The zero-order valence-corrected chi connectivity index (χ0v) is 11.2. The maximum Gasteiger partial charge on any atom is 0.317 e. The minimum absolute atomic E-state index is 0.0455. The molecule has 0 aromatic heterocycles. The van der Waals surface area contributed by atoms with E-state index in [1.807, 2.05) is 13.8 Å². The summed E-state index contributed by atoms with van der Waals surface area (Å²) in [7, 11) is 0. The molecule has 0 bridgehead atoms. The number of aliphatic hydroxyl groups is 1. The van der Waals surface area contributed by atoms with Gasteiger partial charge >= 0.3 is 12.0 Å². The second kappa shape index (κ2) is 9.70. The van der Waals surface area contributed by atoms with E-state index in [4.69, 9.17) is 10.2 Å². The van der Waals surface area contributed by atoms with Crippen LogP contribution < -0.4 is 5.32 Å². The van der Waals surface area contributed by atoms with Crippen LogP contribution in [0.5, 0.6) is 0 Å². The number of carbonyl (C=O) groups excluding carboxylic acids is 1. The predicted molar refractivity (Wildman–Crippen MR) is 68.4 cm³/mol. The van der Waals surface area contributed by atoms with Crippen molar-refractivity contribution in [1.82, 2.24) is 10.2 Å². The quantitative estimate of drug-likeness (QED) is 0.540. The second-order valence-electron chi connectivity index (χ2n) is 4.45. The van der Waals surface area contributed by atoms with Gasteiger partial charge in [0.25, 0.3) is 0 Å². The fourth-order valence-corrected chi connectivity index (χ4v) is 1.58. The largest absolute Gasteiger partial charge is 0.481 e. The number of unbranched alkanes of at least 4 members (excludes halogenated alkanes) is 2. The lowest BCUT2D eigenvalue weighted by molar-refractivity contribution is -0.137. The minimum atomic E-state index is -0.784. The maximum absolute atomic E-state index is 11.7. The van der Waals surface area contributed by atoms with Gasteiger partial charge in [-0.05, 0) is 26.7 Å². The lowest BCUT2D eigenvalue weighted by atomic mass is 10.2. The number of carboxylic acid groups (broad SMARTS) is 1. The Morgan fingerprint density at radius 1 is 1.22 bits per heavy atom. The van der Waals surface area contributed by atoms with E-state index in [2.05, 4.69) is 5.32 Å². The van der Waals surface area contributed by atoms with Crippen molar-refractivity contribution in [2.75, 3.05) is 19.7 Å². The third kappa shape index (κ3) is 7.89. The molecule has 0 aromatic rings. The Hall–Kier alpha value is -1.30. The van der Waals surface area contributed by atoms with Crippen molar-refractivity contribution in [1.29, 1.82) is 0 Å². The van der Waals surface area contributed by atoms with Crippen LogP contribution in [-0.2, 0) is 4.79 Å². The van der Waals surface area contributed by atoms with Crippen molar-refractivity contribution in [2.24, 2.45) is 0 Å². The smallest absolute Gasteiger partial charge is 0.317 e. The highest BCUT2D eigenvalue weighted by Gasteiger charge is 2.15. The summed E-state index contributed by atoms with van der Waals surface area (Å²) in [5, 5.41) is 20.1. The van der Waals surface area contributed by atoms with Crippen LogP contribution in [0.4, 0.5) is 4.79 Å². The number of aliphatic hydroxyl groups excluding tert-OH is 1. The van der Waals surface area contributed by atoms with E-state index in [1.54, 1.807) is 4.90 Å². The van der Waals surface area contributed by atoms with Gasteiger partial charge in [-0.25, -0.2) is 4.79 Å². The van der Waals surface area contributed by atoms with Gasteiger partial charge in [-0.15, -0.1) is 0 Å². The van der Waals surface area contributed by atoms with Crippen LogP contribution in [0.2, 0.25) is 0 Å². The van der Waals surface area contributed by atoms with Gasteiger partial charge in [0.05, 0.1) is 6.61 Å². The molecule has 0 aromatic carbocycles. The molecule has 0 spiro atoms. The van der Waals surface area contributed by atoms with Gasteiger partial charge in [-0.2, -0.15) is 0 Å². The van der Waals surface area contributed by atoms with Gasteiger partial charge in [0.2, 0.25) is 0 Å². The normalized spacial score (nSPS) is 10.4. The average Bonchev–Trinajstić information content (AvgIpc) is 2.29. The molecule has 6 heteroatoms. The Bertz CT molecular complexity index is 256. The van der Waals surface area contributed by atoms with E-state index in [-0.39, 0.29) is 25.1 Å². The number of aliphatic carboxylic acids is 1. The molecule has 0 rings (SSSR count). The van der Waals surface area contributed by atoms with Crippen molar-refractivity contribution in [3.63, 3.8) is 0 Å². The first-order valence-electron chi connectivity index (χ1n) is 6.36. The van der Waals surface area contributed by atoms with Crippen LogP contribution in [-0.4, -0.2) is 52.9 Å². The molecule has 0 atom stereocenters.